The van der Waals surface area contributed by atoms with E-state index in [-0.39, 0.29) is 41.7 Å². The highest BCUT2D eigenvalue weighted by Crippen LogP contribution is 2.38. The van der Waals surface area contributed by atoms with Gasteiger partial charge in [-0.3, -0.25) is 0 Å². The van der Waals surface area contributed by atoms with Gasteiger partial charge in [-0.05, 0) is 50.7 Å². The number of carbonyl (C=O) groups is 1. The minimum absolute atomic E-state index is 0.0122. The number of Topliss-reactive ketones (excluding diaryl/α,β-unsaturated/α-hetero) is 1. The van der Waals surface area contributed by atoms with Gasteiger partial charge >= 0.3 is 0 Å². The lowest BCUT2D eigenvalue weighted by Crippen LogP contribution is -2.32. The van der Waals surface area contributed by atoms with E-state index in [2.05, 4.69) is 11.1 Å². The van der Waals surface area contributed by atoms with Crippen molar-refractivity contribution in [1.82, 2.24) is 4.98 Å². The number of rotatable bonds is 9. The monoisotopic (exact) mass is 460 g/mol. The molecule has 0 aliphatic heterocycles. The van der Waals surface area contributed by atoms with Crippen molar-refractivity contribution in [3.05, 3.63) is 17.9 Å². The Kier molecular flexibility index (Phi) is 7.27. The van der Waals surface area contributed by atoms with Crippen LogP contribution in [0.3, 0.4) is 0 Å². The zero-order valence-corrected chi connectivity index (χ0v) is 19.3. The summed E-state index contributed by atoms with van der Waals surface area (Å²) in [7, 11) is 0. The molecule has 1 heterocycles. The Morgan fingerprint density at radius 3 is 2.62 bits per heavy atom. The van der Waals surface area contributed by atoms with Crippen LogP contribution in [0.1, 0.15) is 58.8 Å². The van der Waals surface area contributed by atoms with Crippen LogP contribution in [0, 0.1) is 29.0 Å². The smallest absolute Gasteiger partial charge is 0.274 e. The summed E-state index contributed by atoms with van der Waals surface area (Å²) < 4.78 is 33.3. The SMILES string of the molecule is CC(=O)C[C@@H](C)COC1CCC(Oc2ccc3nc(OC4CC(C#N)C4)sc3c2F)CC1. The zero-order valence-electron chi connectivity index (χ0n) is 18.5. The fraction of sp³-hybridized carbons (Fsp3) is 0.625. The number of benzene rings is 1. The summed E-state index contributed by atoms with van der Waals surface area (Å²) in [6.45, 7) is 4.23. The van der Waals surface area contributed by atoms with Gasteiger partial charge in [0.25, 0.3) is 5.19 Å². The molecule has 0 amide bonds. The molecule has 1 atom stereocenters. The third kappa shape index (κ3) is 5.57. The lowest BCUT2D eigenvalue weighted by atomic mass is 9.84. The van der Waals surface area contributed by atoms with E-state index in [9.17, 15) is 4.79 Å². The van der Waals surface area contributed by atoms with Crippen molar-refractivity contribution in [3.8, 4) is 17.0 Å². The van der Waals surface area contributed by atoms with Crippen molar-refractivity contribution in [3.63, 3.8) is 0 Å². The second-order valence-electron chi connectivity index (χ2n) is 9.10. The Labute approximate surface area is 191 Å². The highest BCUT2D eigenvalue weighted by atomic mass is 32.1. The fourth-order valence-corrected chi connectivity index (χ4v) is 5.23. The summed E-state index contributed by atoms with van der Waals surface area (Å²) in [5.74, 6) is 0.325. The van der Waals surface area contributed by atoms with Crippen LogP contribution >= 0.6 is 11.3 Å². The first kappa shape index (κ1) is 22.9. The molecule has 0 radical (unpaired) electrons. The molecular weight excluding hydrogens is 431 g/mol. The van der Waals surface area contributed by atoms with Crippen molar-refractivity contribution in [2.75, 3.05) is 6.61 Å². The number of fused-ring (bicyclic) bond motifs is 1. The molecule has 1 aromatic carbocycles. The molecule has 32 heavy (non-hydrogen) atoms. The zero-order chi connectivity index (χ0) is 22.7. The Hall–Kier alpha value is -2.24. The van der Waals surface area contributed by atoms with Gasteiger partial charge in [0, 0.05) is 25.9 Å². The summed E-state index contributed by atoms with van der Waals surface area (Å²) >= 11 is 1.19. The number of ether oxygens (including phenoxy) is 3. The second kappa shape index (κ2) is 10.1. The fourth-order valence-electron chi connectivity index (χ4n) is 4.32. The highest BCUT2D eigenvalue weighted by Gasteiger charge is 2.32. The van der Waals surface area contributed by atoms with E-state index in [1.807, 2.05) is 6.92 Å². The summed E-state index contributed by atoms with van der Waals surface area (Å²) in [6, 6.07) is 5.63. The molecule has 0 unspecified atom stereocenters. The van der Waals surface area contributed by atoms with Crippen molar-refractivity contribution < 1.29 is 23.4 Å². The van der Waals surface area contributed by atoms with Gasteiger partial charge in [0.1, 0.15) is 11.9 Å². The van der Waals surface area contributed by atoms with E-state index in [1.165, 1.54) is 11.3 Å². The molecule has 2 aromatic rings. The summed E-state index contributed by atoms with van der Waals surface area (Å²) in [5, 5.41) is 9.32. The molecule has 0 bridgehead atoms. The predicted octanol–water partition coefficient (Wildman–Crippen LogP) is 5.44. The Morgan fingerprint density at radius 1 is 1.22 bits per heavy atom. The number of nitrogens with zero attached hydrogens (tertiary/aromatic N) is 2. The number of ketones is 1. The molecule has 2 saturated carbocycles. The van der Waals surface area contributed by atoms with E-state index in [4.69, 9.17) is 19.5 Å². The molecule has 0 N–H and O–H groups in total. The largest absolute Gasteiger partial charge is 0.487 e. The van der Waals surface area contributed by atoms with Gasteiger partial charge in [0.05, 0.1) is 34.4 Å². The Balaban J connectivity index is 1.28. The molecule has 8 heteroatoms. The van der Waals surface area contributed by atoms with Crippen molar-refractivity contribution in [2.24, 2.45) is 11.8 Å². The average molecular weight is 461 g/mol. The molecule has 1 aromatic heterocycles. The highest BCUT2D eigenvalue weighted by molar-refractivity contribution is 7.20. The minimum atomic E-state index is -0.394. The van der Waals surface area contributed by atoms with Crippen LogP contribution in [0.4, 0.5) is 4.39 Å². The molecule has 2 aliphatic rings. The van der Waals surface area contributed by atoms with Crippen molar-refractivity contribution in [1.29, 1.82) is 5.26 Å². The second-order valence-corrected chi connectivity index (χ2v) is 10.1. The van der Waals surface area contributed by atoms with Gasteiger partial charge in [-0.15, -0.1) is 0 Å². The lowest BCUT2D eigenvalue weighted by molar-refractivity contribution is -0.118. The normalized spacial score (nSPS) is 26.2. The Morgan fingerprint density at radius 2 is 1.94 bits per heavy atom. The number of thiazole rings is 1. The molecule has 172 valence electrons. The third-order valence-corrected chi connectivity index (χ3v) is 7.11. The molecule has 6 nitrogen and oxygen atoms in total. The topological polar surface area (TPSA) is 81.4 Å². The minimum Gasteiger partial charge on any atom is -0.487 e. The maximum Gasteiger partial charge on any atom is 0.274 e. The molecule has 0 saturated heterocycles. The lowest BCUT2D eigenvalue weighted by Gasteiger charge is -2.29. The maximum absolute atomic E-state index is 15.1. The van der Waals surface area contributed by atoms with E-state index in [0.29, 0.717) is 41.3 Å². The van der Waals surface area contributed by atoms with Gasteiger partial charge in [-0.1, -0.05) is 18.3 Å². The molecule has 4 rings (SSSR count). The summed E-state index contributed by atoms with van der Waals surface area (Å²) in [4.78, 5) is 15.6. The van der Waals surface area contributed by atoms with Crippen LogP contribution in [0.2, 0.25) is 0 Å². The van der Waals surface area contributed by atoms with Crippen LogP contribution in [-0.4, -0.2) is 35.7 Å². The first-order chi connectivity index (χ1) is 15.4. The van der Waals surface area contributed by atoms with Gasteiger partial charge in [0.2, 0.25) is 0 Å². The van der Waals surface area contributed by atoms with Crippen LogP contribution in [-0.2, 0) is 9.53 Å². The molecule has 0 spiro atoms. The van der Waals surface area contributed by atoms with Gasteiger partial charge < -0.3 is 19.0 Å². The quantitative estimate of drug-likeness (QED) is 0.496. The summed E-state index contributed by atoms with van der Waals surface area (Å²) in [5.41, 5.74) is 0.558. The number of halogens is 1. The van der Waals surface area contributed by atoms with Crippen LogP contribution in [0.15, 0.2) is 12.1 Å². The van der Waals surface area contributed by atoms with E-state index >= 15 is 4.39 Å². The number of hydrogen-bond donors (Lipinski definition) is 0. The number of nitriles is 1. The van der Waals surface area contributed by atoms with Gasteiger partial charge in [0.15, 0.2) is 11.6 Å². The third-order valence-electron chi connectivity index (χ3n) is 6.15. The van der Waals surface area contributed by atoms with Crippen molar-refractivity contribution in [2.45, 2.75) is 77.1 Å². The number of hydrogen-bond acceptors (Lipinski definition) is 7. The maximum atomic E-state index is 15.1. The van der Waals surface area contributed by atoms with E-state index in [0.717, 1.165) is 25.7 Å². The van der Waals surface area contributed by atoms with Gasteiger partial charge in [-0.2, -0.15) is 5.26 Å². The van der Waals surface area contributed by atoms with Crippen molar-refractivity contribution >= 4 is 27.3 Å². The number of aromatic nitrogens is 1. The summed E-state index contributed by atoms with van der Waals surface area (Å²) in [6.07, 6.45) is 5.41. The van der Waals surface area contributed by atoms with Crippen LogP contribution < -0.4 is 9.47 Å². The first-order valence-corrected chi connectivity index (χ1v) is 12.2. The molecule has 2 aliphatic carbocycles. The van der Waals surface area contributed by atoms with E-state index in [1.54, 1.807) is 19.1 Å². The van der Waals surface area contributed by atoms with Crippen LogP contribution in [0.25, 0.3) is 10.2 Å². The molecule has 2 fully saturated rings. The standard InChI is InChI=1S/C24H29FN2O4S/c1-14(9-15(2)28)13-29-17-3-5-18(6-4-17)30-21-8-7-20-23(22(21)25)32-24(27-20)31-19-10-16(11-19)12-26/h7-8,14,16-19H,3-6,9-11,13H2,1-2H3/t14-,16?,17?,18?,19?/m1/s1. The predicted molar refractivity (Wildman–Crippen MR) is 119 cm³/mol. The number of carbonyl (C=O) groups excluding carboxylic acids is 1. The van der Waals surface area contributed by atoms with E-state index < -0.39 is 5.82 Å². The molecular formula is C24H29FN2O4S. The average Bonchev–Trinajstić information content (AvgIpc) is 3.15. The first-order valence-electron chi connectivity index (χ1n) is 11.3. The van der Waals surface area contributed by atoms with Gasteiger partial charge in [-0.25, -0.2) is 9.37 Å². The Bertz CT molecular complexity index is 990. The van der Waals surface area contributed by atoms with Crippen LogP contribution in [0.5, 0.6) is 10.9 Å².